The molecule has 0 radical (unpaired) electrons. The number of anilines is 1. The number of Topliss-reactive ketones (excluding diaryl/α,β-unsaturated/α-hetero) is 1. The minimum Gasteiger partial charge on any atom is -0.497 e. The highest BCUT2D eigenvalue weighted by molar-refractivity contribution is 5.93. The van der Waals surface area contributed by atoms with Gasteiger partial charge in [0.2, 0.25) is 0 Å². The van der Waals surface area contributed by atoms with Crippen LogP contribution in [0.3, 0.4) is 0 Å². The second-order valence-electron chi connectivity index (χ2n) is 7.50. The van der Waals surface area contributed by atoms with Crippen molar-refractivity contribution in [1.82, 2.24) is 0 Å². The average Bonchev–Trinajstić information content (AvgIpc) is 2.83. The number of halogens is 2. The summed E-state index contributed by atoms with van der Waals surface area (Å²) in [6.45, 7) is -1.67. The Balaban J connectivity index is 1.66. The third kappa shape index (κ3) is 7.30. The lowest BCUT2D eigenvalue weighted by atomic mass is 10.0. The fraction of sp³-hybridized carbons (Fsp3) is 0.231. The van der Waals surface area contributed by atoms with Crippen LogP contribution in [0.1, 0.15) is 18.9 Å². The highest BCUT2D eigenvalue weighted by Crippen LogP contribution is 2.34. The van der Waals surface area contributed by atoms with E-state index >= 15 is 0 Å². The van der Waals surface area contributed by atoms with E-state index in [-0.39, 0.29) is 18.1 Å². The van der Waals surface area contributed by atoms with E-state index < -0.39 is 12.5 Å². The standard InChI is InChI=1S/C26H25F2NO5/c1-17(30)3-4-18-5-10-22(11-6-18)33-16-25(31)29-20-9-14-24(34-26(27)28)23(15-20)19-7-12-21(32-2)13-8-19/h5-15,26H,3-4,16H2,1-2H3,(H,29,31). The first-order valence-electron chi connectivity index (χ1n) is 10.6. The van der Waals surface area contributed by atoms with Crippen LogP contribution in [0.25, 0.3) is 11.1 Å². The van der Waals surface area contributed by atoms with Crippen LogP contribution in [-0.2, 0) is 16.0 Å². The van der Waals surface area contributed by atoms with E-state index in [1.165, 1.54) is 19.2 Å². The summed E-state index contributed by atoms with van der Waals surface area (Å²) in [5, 5.41) is 2.70. The zero-order valence-corrected chi connectivity index (χ0v) is 18.8. The number of carbonyl (C=O) groups excluding carboxylic acids is 2. The Hall–Kier alpha value is -3.94. The molecule has 0 atom stereocenters. The average molecular weight is 469 g/mol. The first kappa shape index (κ1) is 24.7. The maximum absolute atomic E-state index is 12.9. The number of hydrogen-bond acceptors (Lipinski definition) is 5. The normalized spacial score (nSPS) is 10.6. The number of ether oxygens (including phenoxy) is 3. The number of carbonyl (C=O) groups is 2. The first-order chi connectivity index (χ1) is 16.3. The Morgan fingerprint density at radius 2 is 1.62 bits per heavy atom. The molecule has 0 saturated carbocycles. The molecule has 0 aromatic heterocycles. The van der Waals surface area contributed by atoms with E-state index in [9.17, 15) is 18.4 Å². The molecule has 34 heavy (non-hydrogen) atoms. The van der Waals surface area contributed by atoms with Crippen molar-refractivity contribution in [3.63, 3.8) is 0 Å². The summed E-state index contributed by atoms with van der Waals surface area (Å²) in [7, 11) is 1.53. The lowest BCUT2D eigenvalue weighted by Crippen LogP contribution is -2.20. The molecule has 0 saturated heterocycles. The van der Waals surface area contributed by atoms with Crippen molar-refractivity contribution in [3.05, 3.63) is 72.3 Å². The highest BCUT2D eigenvalue weighted by atomic mass is 19.3. The van der Waals surface area contributed by atoms with Crippen LogP contribution in [-0.4, -0.2) is 32.0 Å². The summed E-state index contributed by atoms with van der Waals surface area (Å²) in [6.07, 6.45) is 1.13. The van der Waals surface area contributed by atoms with Crippen LogP contribution in [0, 0.1) is 0 Å². The number of amides is 1. The molecular formula is C26H25F2NO5. The SMILES string of the molecule is COc1ccc(-c2cc(NC(=O)COc3ccc(CCC(C)=O)cc3)ccc2OC(F)F)cc1. The Bertz CT molecular complexity index is 1120. The third-order valence-corrected chi connectivity index (χ3v) is 4.94. The molecule has 8 heteroatoms. The number of nitrogens with one attached hydrogen (secondary N) is 1. The van der Waals surface area contributed by atoms with Gasteiger partial charge in [0.1, 0.15) is 23.0 Å². The van der Waals surface area contributed by atoms with Crippen LogP contribution in [0.2, 0.25) is 0 Å². The molecule has 0 aliphatic rings. The molecular weight excluding hydrogens is 444 g/mol. The molecule has 3 aromatic carbocycles. The molecule has 3 rings (SSSR count). The molecule has 0 spiro atoms. The maximum Gasteiger partial charge on any atom is 0.387 e. The van der Waals surface area contributed by atoms with Crippen LogP contribution in [0.15, 0.2) is 66.7 Å². The van der Waals surface area contributed by atoms with Crippen LogP contribution < -0.4 is 19.5 Å². The lowest BCUT2D eigenvalue weighted by molar-refractivity contribution is -0.118. The van der Waals surface area contributed by atoms with E-state index in [0.29, 0.717) is 41.2 Å². The van der Waals surface area contributed by atoms with Gasteiger partial charge in [-0.3, -0.25) is 4.79 Å². The molecule has 178 valence electrons. The van der Waals surface area contributed by atoms with Gasteiger partial charge in [-0.25, -0.2) is 0 Å². The molecule has 3 aromatic rings. The minimum atomic E-state index is -2.99. The van der Waals surface area contributed by atoms with Gasteiger partial charge < -0.3 is 24.3 Å². The molecule has 0 unspecified atom stereocenters. The smallest absolute Gasteiger partial charge is 0.387 e. The number of benzene rings is 3. The predicted octanol–water partition coefficient (Wildman–Crippen LogP) is 5.50. The topological polar surface area (TPSA) is 73.9 Å². The van der Waals surface area contributed by atoms with E-state index in [4.69, 9.17) is 9.47 Å². The van der Waals surface area contributed by atoms with Crippen molar-refractivity contribution >= 4 is 17.4 Å². The number of methoxy groups -OCH3 is 1. The predicted molar refractivity (Wildman–Crippen MR) is 125 cm³/mol. The van der Waals surface area contributed by atoms with E-state index in [0.717, 1.165) is 5.56 Å². The molecule has 6 nitrogen and oxygen atoms in total. The van der Waals surface area contributed by atoms with Gasteiger partial charge in [-0.1, -0.05) is 24.3 Å². The first-order valence-corrected chi connectivity index (χ1v) is 10.6. The van der Waals surface area contributed by atoms with Crippen molar-refractivity contribution in [2.75, 3.05) is 19.0 Å². The van der Waals surface area contributed by atoms with Crippen molar-refractivity contribution in [3.8, 4) is 28.4 Å². The highest BCUT2D eigenvalue weighted by Gasteiger charge is 2.14. The number of rotatable bonds is 11. The summed E-state index contributed by atoms with van der Waals surface area (Å²) in [6, 6.07) is 18.4. The van der Waals surface area contributed by atoms with Gasteiger partial charge in [-0.05, 0) is 66.9 Å². The summed E-state index contributed by atoms with van der Waals surface area (Å²) in [5.41, 5.74) is 2.42. The van der Waals surface area contributed by atoms with Crippen molar-refractivity contribution in [2.24, 2.45) is 0 Å². The number of hydrogen-bond donors (Lipinski definition) is 1. The van der Waals surface area contributed by atoms with Crippen LogP contribution in [0.5, 0.6) is 17.2 Å². The minimum absolute atomic E-state index is 0.0146. The van der Waals surface area contributed by atoms with Gasteiger partial charge in [0.05, 0.1) is 7.11 Å². The second-order valence-corrected chi connectivity index (χ2v) is 7.50. The summed E-state index contributed by atoms with van der Waals surface area (Å²) in [5.74, 6) is 0.832. The molecule has 0 fully saturated rings. The molecule has 1 amide bonds. The van der Waals surface area contributed by atoms with Gasteiger partial charge in [0.25, 0.3) is 5.91 Å². The lowest BCUT2D eigenvalue weighted by Gasteiger charge is -2.14. The zero-order chi connectivity index (χ0) is 24.5. The van der Waals surface area contributed by atoms with Gasteiger partial charge in [0.15, 0.2) is 6.61 Å². The monoisotopic (exact) mass is 469 g/mol. The Morgan fingerprint density at radius 1 is 0.941 bits per heavy atom. The van der Waals surface area contributed by atoms with Gasteiger partial charge >= 0.3 is 6.61 Å². The van der Waals surface area contributed by atoms with Crippen molar-refractivity contribution in [2.45, 2.75) is 26.4 Å². The van der Waals surface area contributed by atoms with Crippen molar-refractivity contribution < 1.29 is 32.6 Å². The summed E-state index contributed by atoms with van der Waals surface area (Å²) in [4.78, 5) is 23.5. The van der Waals surface area contributed by atoms with E-state index in [1.54, 1.807) is 49.4 Å². The molecule has 1 N–H and O–H groups in total. The Labute approximate surface area is 196 Å². The third-order valence-electron chi connectivity index (χ3n) is 4.94. The molecule has 0 aliphatic carbocycles. The molecule has 0 bridgehead atoms. The van der Waals surface area contributed by atoms with E-state index in [1.807, 2.05) is 12.1 Å². The second kappa shape index (κ2) is 11.8. The van der Waals surface area contributed by atoms with Crippen LogP contribution in [0.4, 0.5) is 14.5 Å². The fourth-order valence-corrected chi connectivity index (χ4v) is 3.22. The zero-order valence-electron chi connectivity index (χ0n) is 18.8. The maximum atomic E-state index is 12.9. The van der Waals surface area contributed by atoms with Crippen molar-refractivity contribution in [1.29, 1.82) is 0 Å². The van der Waals surface area contributed by atoms with Gasteiger partial charge in [-0.2, -0.15) is 8.78 Å². The van der Waals surface area contributed by atoms with Gasteiger partial charge in [0, 0.05) is 17.7 Å². The number of aryl methyl sites for hydroxylation is 1. The largest absolute Gasteiger partial charge is 0.497 e. The van der Waals surface area contributed by atoms with Crippen LogP contribution >= 0.6 is 0 Å². The number of alkyl halides is 2. The quantitative estimate of drug-likeness (QED) is 0.401. The number of ketones is 1. The summed E-state index contributed by atoms with van der Waals surface area (Å²) >= 11 is 0. The molecule has 0 heterocycles. The fourth-order valence-electron chi connectivity index (χ4n) is 3.22. The van der Waals surface area contributed by atoms with Gasteiger partial charge in [-0.15, -0.1) is 0 Å². The Morgan fingerprint density at radius 3 is 2.24 bits per heavy atom. The van der Waals surface area contributed by atoms with E-state index in [2.05, 4.69) is 10.1 Å². The molecule has 0 aliphatic heterocycles. The summed E-state index contributed by atoms with van der Waals surface area (Å²) < 4.78 is 41.0. The Kier molecular flexibility index (Phi) is 8.56.